The molecule has 3 aromatic rings. The predicted octanol–water partition coefficient (Wildman–Crippen LogP) is 0.611. The number of nitrogens with one attached hydrogen (secondary N) is 3. The maximum absolute atomic E-state index is 12.3. The molecule has 0 radical (unpaired) electrons. The van der Waals surface area contributed by atoms with Crippen LogP contribution in [0.15, 0.2) is 23.1 Å². The largest absolute Gasteiger partial charge is 0.480 e. The van der Waals surface area contributed by atoms with Crippen LogP contribution in [0.1, 0.15) is 39.9 Å². The summed E-state index contributed by atoms with van der Waals surface area (Å²) in [5, 5.41) is 21.3. The van der Waals surface area contributed by atoms with Crippen molar-refractivity contribution in [3.8, 4) is 0 Å². The molecule has 0 spiro atoms. The number of carbonyl (C=O) groups excluding carboxylic acids is 1. The number of nitrogens with two attached hydrogens (primary N) is 1. The number of nitrogen functional groups attached to an aromatic ring is 1. The zero-order chi connectivity index (χ0) is 20.6. The van der Waals surface area contributed by atoms with E-state index >= 15 is 0 Å². The number of H-pyrrole nitrogens is 2. The number of aliphatic hydroxyl groups is 1. The third-order valence-corrected chi connectivity index (χ3v) is 5.64. The van der Waals surface area contributed by atoms with Gasteiger partial charge in [-0.25, -0.2) is 4.79 Å². The molecule has 10 nitrogen and oxygen atoms in total. The van der Waals surface area contributed by atoms with Crippen LogP contribution in [0.5, 0.6) is 0 Å². The molecule has 0 aliphatic rings. The van der Waals surface area contributed by atoms with Gasteiger partial charge in [-0.2, -0.15) is 4.98 Å². The van der Waals surface area contributed by atoms with Crippen LogP contribution in [0.4, 0.5) is 5.95 Å². The highest BCUT2D eigenvalue weighted by molar-refractivity contribution is 7.14. The van der Waals surface area contributed by atoms with Gasteiger partial charge in [-0.1, -0.05) is 6.92 Å². The molecule has 0 fully saturated rings. The van der Waals surface area contributed by atoms with Crippen LogP contribution < -0.4 is 16.6 Å². The van der Waals surface area contributed by atoms with Crippen molar-refractivity contribution in [2.75, 3.05) is 5.73 Å². The van der Waals surface area contributed by atoms with Gasteiger partial charge in [0.15, 0.2) is 6.04 Å². The smallest absolute Gasteiger partial charge is 0.328 e. The Morgan fingerprint density at radius 3 is 2.68 bits per heavy atom. The summed E-state index contributed by atoms with van der Waals surface area (Å²) in [7, 11) is 0. The molecule has 0 aliphatic heterocycles. The summed E-state index contributed by atoms with van der Waals surface area (Å²) in [5.74, 6) is -2.13. The number of fused-ring (bicyclic) bond motifs is 1. The zero-order valence-electron chi connectivity index (χ0n) is 15.0. The second kappa shape index (κ2) is 7.44. The van der Waals surface area contributed by atoms with Gasteiger partial charge in [-0.05, 0) is 24.6 Å². The maximum Gasteiger partial charge on any atom is 0.328 e. The molecule has 1 amide bonds. The van der Waals surface area contributed by atoms with Crippen LogP contribution in [0, 0.1) is 0 Å². The van der Waals surface area contributed by atoms with Crippen LogP contribution in [-0.2, 0) is 4.79 Å². The summed E-state index contributed by atoms with van der Waals surface area (Å²) in [6.45, 7) is 3.16. The quantitative estimate of drug-likeness (QED) is 0.348. The fourth-order valence-corrected chi connectivity index (χ4v) is 3.87. The number of aliphatic carboxylic acids is 1. The van der Waals surface area contributed by atoms with Gasteiger partial charge < -0.3 is 26.2 Å². The SMILES string of the molecule is CC(c1ccc(C(=O)N[C@H](C(=O)O)[C@@H](C)O)s1)c1c[nH]c2nc(N)[nH]c(=O)c12. The Morgan fingerprint density at radius 1 is 1.32 bits per heavy atom. The van der Waals surface area contributed by atoms with Crippen molar-refractivity contribution >= 4 is 40.2 Å². The number of amides is 1. The van der Waals surface area contributed by atoms with E-state index in [-0.39, 0.29) is 17.4 Å². The summed E-state index contributed by atoms with van der Waals surface area (Å²) in [5.41, 5.74) is 6.26. The lowest BCUT2D eigenvalue weighted by Gasteiger charge is -2.16. The van der Waals surface area contributed by atoms with Crippen molar-refractivity contribution in [1.29, 1.82) is 0 Å². The first kappa shape index (κ1) is 19.6. The van der Waals surface area contributed by atoms with Crippen molar-refractivity contribution in [3.05, 3.63) is 44.0 Å². The van der Waals surface area contributed by atoms with E-state index in [9.17, 15) is 19.5 Å². The van der Waals surface area contributed by atoms with Crippen molar-refractivity contribution in [1.82, 2.24) is 20.3 Å². The first-order valence-corrected chi connectivity index (χ1v) is 9.19. The number of hydrogen-bond acceptors (Lipinski definition) is 7. The van der Waals surface area contributed by atoms with Crippen molar-refractivity contribution < 1.29 is 19.8 Å². The Bertz CT molecular complexity index is 1100. The lowest BCUT2D eigenvalue weighted by molar-refractivity contribution is -0.141. The summed E-state index contributed by atoms with van der Waals surface area (Å²) >= 11 is 1.17. The van der Waals surface area contributed by atoms with Crippen molar-refractivity contribution in [3.63, 3.8) is 0 Å². The molecule has 1 unspecified atom stereocenters. The van der Waals surface area contributed by atoms with E-state index in [2.05, 4.69) is 20.3 Å². The molecule has 3 rings (SSSR count). The van der Waals surface area contributed by atoms with E-state index in [4.69, 9.17) is 10.8 Å². The Kier molecular flexibility index (Phi) is 5.21. The van der Waals surface area contributed by atoms with Gasteiger partial charge >= 0.3 is 5.97 Å². The Morgan fingerprint density at radius 2 is 2.04 bits per heavy atom. The van der Waals surface area contributed by atoms with Crippen molar-refractivity contribution in [2.45, 2.75) is 31.9 Å². The van der Waals surface area contributed by atoms with E-state index in [0.29, 0.717) is 21.5 Å². The maximum atomic E-state index is 12.3. The number of hydrogen-bond donors (Lipinski definition) is 6. The lowest BCUT2D eigenvalue weighted by Crippen LogP contribution is -2.47. The minimum Gasteiger partial charge on any atom is -0.480 e. The second-order valence-corrected chi connectivity index (χ2v) is 7.49. The molecule has 3 heterocycles. The minimum absolute atomic E-state index is 0.0136. The standard InChI is InChI=1S/C17H19N5O5S/c1-6(8-5-19-13-11(8)15(25)22-17(18)21-13)9-3-4-10(28-9)14(24)20-12(7(2)23)16(26)27/h3-7,12,23H,1-2H3,(H,20,24)(H,26,27)(H4,18,19,21,22,25)/t6?,7-,12+/m1/s1. The first-order chi connectivity index (χ1) is 13.2. The summed E-state index contributed by atoms with van der Waals surface area (Å²) < 4.78 is 0. The number of nitrogens with zero attached hydrogens (tertiary/aromatic N) is 1. The van der Waals surface area contributed by atoms with Gasteiger partial charge in [0.05, 0.1) is 16.4 Å². The number of rotatable bonds is 6. The highest BCUT2D eigenvalue weighted by Crippen LogP contribution is 2.32. The summed E-state index contributed by atoms with van der Waals surface area (Å²) in [6, 6.07) is 1.90. The highest BCUT2D eigenvalue weighted by atomic mass is 32.1. The van der Waals surface area contributed by atoms with Crippen LogP contribution in [-0.4, -0.2) is 49.2 Å². The summed E-state index contributed by atoms with van der Waals surface area (Å²) in [6.07, 6.45) is 0.433. The average Bonchev–Trinajstić information content (AvgIpc) is 3.25. The van der Waals surface area contributed by atoms with Crippen LogP contribution >= 0.6 is 11.3 Å². The molecule has 28 heavy (non-hydrogen) atoms. The second-order valence-electron chi connectivity index (χ2n) is 6.37. The normalized spacial score (nSPS) is 14.5. The number of carboxylic acids is 1. The molecule has 3 atom stereocenters. The molecule has 0 aliphatic carbocycles. The van der Waals surface area contributed by atoms with Gasteiger partial charge in [0.1, 0.15) is 5.65 Å². The third-order valence-electron chi connectivity index (χ3n) is 4.37. The highest BCUT2D eigenvalue weighted by Gasteiger charge is 2.26. The molecule has 0 saturated carbocycles. The van der Waals surface area contributed by atoms with E-state index in [1.54, 1.807) is 18.3 Å². The molecular formula is C17H19N5O5S. The fourth-order valence-electron chi connectivity index (χ4n) is 2.88. The number of carbonyl (C=O) groups is 2. The number of aromatic nitrogens is 3. The molecule has 0 saturated heterocycles. The Hall–Kier alpha value is -3.18. The summed E-state index contributed by atoms with van der Waals surface area (Å²) in [4.78, 5) is 46.2. The van der Waals surface area contributed by atoms with Gasteiger partial charge in [0.25, 0.3) is 11.5 Å². The molecule has 0 bridgehead atoms. The first-order valence-electron chi connectivity index (χ1n) is 8.37. The molecule has 11 heteroatoms. The molecule has 7 N–H and O–H groups in total. The Labute approximate surface area is 162 Å². The average molecular weight is 405 g/mol. The number of aliphatic hydroxyl groups excluding tert-OH is 1. The van der Waals surface area contributed by atoms with Crippen LogP contribution in [0.25, 0.3) is 11.0 Å². The number of thiophene rings is 1. The third kappa shape index (κ3) is 3.62. The number of carboxylic acid groups (broad SMARTS) is 1. The van der Waals surface area contributed by atoms with E-state index in [0.717, 1.165) is 4.88 Å². The van der Waals surface area contributed by atoms with Crippen molar-refractivity contribution in [2.24, 2.45) is 0 Å². The molecule has 0 aromatic carbocycles. The minimum atomic E-state index is -1.40. The monoisotopic (exact) mass is 405 g/mol. The van der Waals surface area contributed by atoms with Gasteiger partial charge in [-0.15, -0.1) is 11.3 Å². The van der Waals surface area contributed by atoms with Gasteiger partial charge in [0.2, 0.25) is 5.95 Å². The van der Waals surface area contributed by atoms with E-state index in [1.165, 1.54) is 18.3 Å². The van der Waals surface area contributed by atoms with Crippen LogP contribution in [0.3, 0.4) is 0 Å². The van der Waals surface area contributed by atoms with Gasteiger partial charge in [0, 0.05) is 17.0 Å². The Balaban J connectivity index is 1.87. The number of anilines is 1. The number of aromatic amines is 2. The van der Waals surface area contributed by atoms with Gasteiger partial charge in [-0.3, -0.25) is 14.6 Å². The molecular weight excluding hydrogens is 386 g/mol. The van der Waals surface area contributed by atoms with E-state index in [1.807, 2.05) is 6.92 Å². The topological polar surface area (TPSA) is 174 Å². The van der Waals surface area contributed by atoms with Crippen LogP contribution in [0.2, 0.25) is 0 Å². The molecule has 148 valence electrons. The zero-order valence-corrected chi connectivity index (χ0v) is 15.8. The fraction of sp³-hybridized carbons (Fsp3) is 0.294. The van der Waals surface area contributed by atoms with E-state index < -0.39 is 24.0 Å². The molecule has 3 aromatic heterocycles. The lowest BCUT2D eigenvalue weighted by atomic mass is 10.0. The predicted molar refractivity (Wildman–Crippen MR) is 104 cm³/mol.